The van der Waals surface area contributed by atoms with Crippen molar-refractivity contribution in [3.05, 3.63) is 54.6 Å². The second-order valence-corrected chi connectivity index (χ2v) is 6.43. The SMILES string of the molecule is O=C(O)CCCCCC(NC(=O)Nc1cccc(Oc2ccccc2)c1)C(=O)O. The number of benzene rings is 2. The van der Waals surface area contributed by atoms with Crippen LogP contribution in [0.1, 0.15) is 32.1 Å². The summed E-state index contributed by atoms with van der Waals surface area (Å²) in [6, 6.07) is 14.2. The van der Waals surface area contributed by atoms with Gasteiger partial charge in [0.2, 0.25) is 0 Å². The van der Waals surface area contributed by atoms with Crippen LogP contribution in [0.25, 0.3) is 0 Å². The molecule has 1 atom stereocenters. The van der Waals surface area contributed by atoms with Gasteiger partial charge in [0.25, 0.3) is 0 Å². The van der Waals surface area contributed by atoms with Crippen molar-refractivity contribution in [3.63, 3.8) is 0 Å². The smallest absolute Gasteiger partial charge is 0.326 e. The van der Waals surface area contributed by atoms with Gasteiger partial charge >= 0.3 is 18.0 Å². The highest BCUT2D eigenvalue weighted by atomic mass is 16.5. The number of hydrogen-bond donors (Lipinski definition) is 4. The van der Waals surface area contributed by atoms with Crippen LogP contribution in [0.15, 0.2) is 54.6 Å². The number of ether oxygens (including phenoxy) is 1. The molecule has 0 spiro atoms. The van der Waals surface area contributed by atoms with Gasteiger partial charge in [-0.25, -0.2) is 9.59 Å². The minimum atomic E-state index is -1.14. The number of carbonyl (C=O) groups excluding carboxylic acids is 1. The van der Waals surface area contributed by atoms with Crippen molar-refractivity contribution in [3.8, 4) is 11.5 Å². The maximum absolute atomic E-state index is 12.2. The van der Waals surface area contributed by atoms with Gasteiger partial charge in [0.15, 0.2) is 0 Å². The second kappa shape index (κ2) is 11.3. The molecule has 2 rings (SSSR count). The molecule has 0 aromatic heterocycles. The first kappa shape index (κ1) is 21.7. The summed E-state index contributed by atoms with van der Waals surface area (Å²) in [6.07, 6.45) is 1.83. The number of carboxylic acid groups (broad SMARTS) is 2. The summed E-state index contributed by atoms with van der Waals surface area (Å²) in [4.78, 5) is 34.0. The number of carboxylic acids is 2. The number of nitrogens with one attached hydrogen (secondary N) is 2. The molecule has 0 saturated carbocycles. The molecule has 0 aliphatic carbocycles. The van der Waals surface area contributed by atoms with Gasteiger partial charge in [-0.05, 0) is 37.1 Å². The minimum Gasteiger partial charge on any atom is -0.481 e. The second-order valence-electron chi connectivity index (χ2n) is 6.43. The highest BCUT2D eigenvalue weighted by Gasteiger charge is 2.19. The van der Waals surface area contributed by atoms with Gasteiger partial charge in [0.05, 0.1) is 0 Å². The van der Waals surface area contributed by atoms with E-state index < -0.39 is 24.0 Å². The van der Waals surface area contributed by atoms with E-state index >= 15 is 0 Å². The fourth-order valence-corrected chi connectivity index (χ4v) is 2.65. The number of aliphatic carboxylic acids is 2. The number of rotatable bonds is 11. The van der Waals surface area contributed by atoms with Crippen molar-refractivity contribution in [2.24, 2.45) is 0 Å². The Morgan fingerprint density at radius 2 is 1.62 bits per heavy atom. The van der Waals surface area contributed by atoms with Crippen LogP contribution in [-0.2, 0) is 9.59 Å². The Bertz CT molecular complexity index is 825. The fraction of sp³-hybridized carbons (Fsp3) is 0.286. The summed E-state index contributed by atoms with van der Waals surface area (Å²) >= 11 is 0. The molecule has 2 aromatic carbocycles. The molecule has 154 valence electrons. The Morgan fingerprint density at radius 1 is 0.897 bits per heavy atom. The molecule has 8 heteroatoms. The molecule has 0 aliphatic rings. The summed E-state index contributed by atoms with van der Waals surface area (Å²) in [5.41, 5.74) is 0.460. The summed E-state index contributed by atoms with van der Waals surface area (Å²) in [5, 5.41) is 22.9. The van der Waals surface area contributed by atoms with Crippen LogP contribution >= 0.6 is 0 Å². The molecular weight excluding hydrogens is 376 g/mol. The summed E-state index contributed by atoms with van der Waals surface area (Å²) in [6.45, 7) is 0. The van der Waals surface area contributed by atoms with Gasteiger partial charge in [-0.1, -0.05) is 37.1 Å². The first-order valence-corrected chi connectivity index (χ1v) is 9.29. The number of para-hydroxylation sites is 1. The molecule has 0 saturated heterocycles. The zero-order chi connectivity index (χ0) is 21.1. The average Bonchev–Trinajstić information content (AvgIpc) is 2.67. The Hall–Kier alpha value is -3.55. The Kier molecular flexibility index (Phi) is 8.50. The normalized spacial score (nSPS) is 11.3. The molecule has 0 bridgehead atoms. The lowest BCUT2D eigenvalue weighted by molar-refractivity contribution is -0.139. The zero-order valence-electron chi connectivity index (χ0n) is 15.8. The first-order valence-electron chi connectivity index (χ1n) is 9.29. The van der Waals surface area contributed by atoms with Crippen molar-refractivity contribution >= 4 is 23.7 Å². The van der Waals surface area contributed by atoms with Gasteiger partial charge in [0, 0.05) is 18.2 Å². The van der Waals surface area contributed by atoms with E-state index in [9.17, 15) is 19.5 Å². The van der Waals surface area contributed by atoms with Crippen LogP contribution in [0.4, 0.5) is 10.5 Å². The Labute approximate surface area is 168 Å². The molecule has 4 N–H and O–H groups in total. The van der Waals surface area contributed by atoms with Crippen LogP contribution in [-0.4, -0.2) is 34.2 Å². The average molecular weight is 400 g/mol. The zero-order valence-corrected chi connectivity index (χ0v) is 15.8. The maximum Gasteiger partial charge on any atom is 0.326 e. The minimum absolute atomic E-state index is 0.0487. The predicted octanol–water partition coefficient (Wildman–Crippen LogP) is 4.09. The molecule has 0 aliphatic heterocycles. The summed E-state index contributed by atoms with van der Waals surface area (Å²) in [5.74, 6) is -0.833. The molecule has 29 heavy (non-hydrogen) atoms. The van der Waals surface area contributed by atoms with E-state index in [-0.39, 0.29) is 12.8 Å². The standard InChI is InChI=1S/C21H24N2O6/c24-19(25)13-6-2-5-12-18(20(26)27)23-21(28)22-15-8-7-11-17(14-15)29-16-9-3-1-4-10-16/h1,3-4,7-11,14,18H,2,5-6,12-13H2,(H,24,25)(H,26,27)(H2,22,23,28). The van der Waals surface area contributed by atoms with Gasteiger partial charge in [-0.15, -0.1) is 0 Å². The Morgan fingerprint density at radius 3 is 2.31 bits per heavy atom. The monoisotopic (exact) mass is 400 g/mol. The lowest BCUT2D eigenvalue weighted by Crippen LogP contribution is -2.42. The molecule has 1 unspecified atom stereocenters. The van der Waals surface area contributed by atoms with Crippen LogP contribution in [0.2, 0.25) is 0 Å². The highest BCUT2D eigenvalue weighted by molar-refractivity contribution is 5.92. The molecule has 0 radical (unpaired) electrons. The molecule has 0 heterocycles. The lowest BCUT2D eigenvalue weighted by Gasteiger charge is -2.15. The number of urea groups is 1. The van der Waals surface area contributed by atoms with E-state index in [0.717, 1.165) is 0 Å². The Balaban J connectivity index is 1.85. The van der Waals surface area contributed by atoms with E-state index in [2.05, 4.69) is 10.6 Å². The molecule has 8 nitrogen and oxygen atoms in total. The third-order valence-corrected chi connectivity index (χ3v) is 4.06. The quantitative estimate of drug-likeness (QED) is 0.421. The van der Waals surface area contributed by atoms with Crippen molar-refractivity contribution in [2.45, 2.75) is 38.1 Å². The first-order chi connectivity index (χ1) is 13.9. The third kappa shape index (κ3) is 8.34. The maximum atomic E-state index is 12.2. The van der Waals surface area contributed by atoms with Crippen LogP contribution in [0.3, 0.4) is 0 Å². The van der Waals surface area contributed by atoms with E-state index in [0.29, 0.717) is 36.4 Å². The van der Waals surface area contributed by atoms with Crippen molar-refractivity contribution in [1.29, 1.82) is 0 Å². The fourth-order valence-electron chi connectivity index (χ4n) is 2.65. The van der Waals surface area contributed by atoms with Crippen molar-refractivity contribution in [2.75, 3.05) is 5.32 Å². The van der Waals surface area contributed by atoms with Crippen LogP contribution in [0.5, 0.6) is 11.5 Å². The number of hydrogen-bond acceptors (Lipinski definition) is 4. The van der Waals surface area contributed by atoms with Gasteiger partial charge in [0.1, 0.15) is 17.5 Å². The number of unbranched alkanes of at least 4 members (excludes halogenated alkanes) is 2. The highest BCUT2D eigenvalue weighted by Crippen LogP contribution is 2.23. The third-order valence-electron chi connectivity index (χ3n) is 4.06. The topological polar surface area (TPSA) is 125 Å². The van der Waals surface area contributed by atoms with E-state index in [4.69, 9.17) is 9.84 Å². The van der Waals surface area contributed by atoms with E-state index in [1.54, 1.807) is 36.4 Å². The lowest BCUT2D eigenvalue weighted by atomic mass is 10.1. The van der Waals surface area contributed by atoms with Crippen molar-refractivity contribution < 1.29 is 29.3 Å². The van der Waals surface area contributed by atoms with Gasteiger partial charge < -0.3 is 25.6 Å². The van der Waals surface area contributed by atoms with Gasteiger partial charge in [-0.2, -0.15) is 0 Å². The number of carbonyl (C=O) groups is 3. The summed E-state index contributed by atoms with van der Waals surface area (Å²) < 4.78 is 5.71. The van der Waals surface area contributed by atoms with Crippen LogP contribution < -0.4 is 15.4 Å². The molecule has 2 aromatic rings. The molecule has 0 fully saturated rings. The predicted molar refractivity (Wildman–Crippen MR) is 107 cm³/mol. The van der Waals surface area contributed by atoms with Crippen LogP contribution in [0, 0.1) is 0 Å². The number of anilines is 1. The number of amides is 2. The largest absolute Gasteiger partial charge is 0.481 e. The molecule has 2 amide bonds. The molecular formula is C21H24N2O6. The van der Waals surface area contributed by atoms with E-state index in [1.807, 2.05) is 18.2 Å². The van der Waals surface area contributed by atoms with Gasteiger partial charge in [-0.3, -0.25) is 4.79 Å². The van der Waals surface area contributed by atoms with E-state index in [1.165, 1.54) is 0 Å². The van der Waals surface area contributed by atoms with Crippen molar-refractivity contribution in [1.82, 2.24) is 5.32 Å². The summed E-state index contributed by atoms with van der Waals surface area (Å²) in [7, 11) is 0.